The molecule has 20 heavy (non-hydrogen) atoms. The maximum Gasteiger partial charge on any atom is 0.0847 e. The van der Waals surface area contributed by atoms with Gasteiger partial charge in [0, 0.05) is 12.6 Å². The third-order valence-corrected chi connectivity index (χ3v) is 3.96. The van der Waals surface area contributed by atoms with Crippen molar-refractivity contribution in [2.75, 3.05) is 6.54 Å². The fraction of sp³-hybridized carbons (Fsp3) is 0.812. The number of aromatic nitrogens is 2. The number of nitrogens with one attached hydrogen (secondary N) is 1. The normalized spacial score (nSPS) is 14.1. The molecule has 0 aromatic carbocycles. The van der Waals surface area contributed by atoms with E-state index < -0.39 is 0 Å². The maximum absolute atomic E-state index is 6.38. The Labute approximate surface area is 129 Å². The molecule has 0 fully saturated rings. The van der Waals surface area contributed by atoms with Crippen LogP contribution in [-0.2, 0) is 13.5 Å². The first-order valence-electron chi connectivity index (χ1n) is 7.53. The molecule has 1 N–H and O–H groups in total. The minimum Gasteiger partial charge on any atom is -0.312 e. The van der Waals surface area contributed by atoms with E-state index in [0.29, 0.717) is 11.8 Å². The Balaban J connectivity index is 2.78. The predicted molar refractivity (Wildman–Crippen MR) is 87.4 cm³/mol. The number of hydrogen-bond acceptors (Lipinski definition) is 2. The van der Waals surface area contributed by atoms with Crippen LogP contribution in [0.5, 0.6) is 0 Å². The van der Waals surface area contributed by atoms with Gasteiger partial charge < -0.3 is 5.32 Å². The van der Waals surface area contributed by atoms with Gasteiger partial charge in [-0.15, -0.1) is 0 Å². The van der Waals surface area contributed by atoms with Crippen LogP contribution in [0.25, 0.3) is 0 Å². The van der Waals surface area contributed by atoms with E-state index in [9.17, 15) is 0 Å². The van der Waals surface area contributed by atoms with E-state index in [4.69, 9.17) is 11.6 Å². The predicted octanol–water partition coefficient (Wildman–Crippen LogP) is 3.97. The zero-order valence-corrected chi connectivity index (χ0v) is 14.8. The van der Waals surface area contributed by atoms with Crippen molar-refractivity contribution in [1.82, 2.24) is 15.1 Å². The molecule has 116 valence electrons. The van der Waals surface area contributed by atoms with Gasteiger partial charge in [-0.3, -0.25) is 4.68 Å². The highest BCUT2D eigenvalue weighted by atomic mass is 35.5. The zero-order valence-electron chi connectivity index (χ0n) is 14.0. The lowest BCUT2D eigenvalue weighted by atomic mass is 9.91. The first-order chi connectivity index (χ1) is 9.10. The first-order valence-corrected chi connectivity index (χ1v) is 7.91. The van der Waals surface area contributed by atoms with E-state index in [2.05, 4.69) is 45.0 Å². The summed E-state index contributed by atoms with van der Waals surface area (Å²) in [6.07, 6.45) is 2.18. The Morgan fingerprint density at radius 2 is 1.90 bits per heavy atom. The number of hydrogen-bond donors (Lipinski definition) is 1. The maximum atomic E-state index is 6.38. The summed E-state index contributed by atoms with van der Waals surface area (Å²) in [6, 6.07) is 0. The molecule has 1 unspecified atom stereocenters. The molecule has 0 bridgehead atoms. The van der Waals surface area contributed by atoms with E-state index in [1.807, 2.05) is 18.7 Å². The molecule has 1 aromatic heterocycles. The molecule has 3 nitrogen and oxygen atoms in total. The summed E-state index contributed by atoms with van der Waals surface area (Å²) in [5.41, 5.74) is 2.24. The summed E-state index contributed by atoms with van der Waals surface area (Å²) in [4.78, 5) is 0. The van der Waals surface area contributed by atoms with Crippen molar-refractivity contribution in [2.24, 2.45) is 18.9 Å². The zero-order chi connectivity index (χ0) is 15.5. The third-order valence-electron chi connectivity index (χ3n) is 3.47. The van der Waals surface area contributed by atoms with Crippen molar-refractivity contribution in [3.8, 4) is 0 Å². The van der Waals surface area contributed by atoms with Gasteiger partial charge in [0.1, 0.15) is 0 Å². The Kier molecular flexibility index (Phi) is 6.08. The van der Waals surface area contributed by atoms with Gasteiger partial charge in [-0.05, 0) is 58.9 Å². The monoisotopic (exact) mass is 299 g/mol. The summed E-state index contributed by atoms with van der Waals surface area (Å²) >= 11 is 6.38. The van der Waals surface area contributed by atoms with Crippen molar-refractivity contribution < 1.29 is 0 Å². The van der Waals surface area contributed by atoms with Gasteiger partial charge in [-0.1, -0.05) is 25.4 Å². The van der Waals surface area contributed by atoms with Crippen LogP contribution in [0.1, 0.15) is 52.4 Å². The molecule has 0 radical (unpaired) electrons. The molecule has 0 amide bonds. The van der Waals surface area contributed by atoms with E-state index in [0.717, 1.165) is 29.4 Å². The van der Waals surface area contributed by atoms with Gasteiger partial charge in [0.15, 0.2) is 0 Å². The first kappa shape index (κ1) is 17.5. The minimum absolute atomic E-state index is 0.154. The topological polar surface area (TPSA) is 29.9 Å². The second-order valence-corrected chi connectivity index (χ2v) is 7.68. The van der Waals surface area contributed by atoms with Crippen LogP contribution in [0.2, 0.25) is 5.02 Å². The van der Waals surface area contributed by atoms with E-state index in [-0.39, 0.29) is 5.54 Å². The fourth-order valence-corrected chi connectivity index (χ4v) is 2.77. The molecule has 4 heteroatoms. The van der Waals surface area contributed by atoms with Gasteiger partial charge in [0.05, 0.1) is 16.4 Å². The standard InChI is InChI=1S/C16H30ClN3/c1-11(2)8-13(10-18-16(4,5)6)9-14-15(17)12(3)19-20(14)7/h11,13,18H,8-10H2,1-7H3. The summed E-state index contributed by atoms with van der Waals surface area (Å²) in [7, 11) is 1.98. The van der Waals surface area contributed by atoms with Crippen molar-refractivity contribution in [3.63, 3.8) is 0 Å². The van der Waals surface area contributed by atoms with Crippen LogP contribution in [0.4, 0.5) is 0 Å². The molecule has 1 heterocycles. The number of nitrogens with zero attached hydrogens (tertiary/aromatic N) is 2. The molecule has 0 aliphatic carbocycles. The van der Waals surface area contributed by atoms with Crippen LogP contribution >= 0.6 is 11.6 Å². The second kappa shape index (κ2) is 6.95. The number of rotatable bonds is 6. The van der Waals surface area contributed by atoms with Crippen LogP contribution in [0, 0.1) is 18.8 Å². The second-order valence-electron chi connectivity index (χ2n) is 7.30. The smallest absolute Gasteiger partial charge is 0.0847 e. The SMILES string of the molecule is Cc1nn(C)c(CC(CNC(C)(C)C)CC(C)C)c1Cl. The molecule has 0 aliphatic rings. The molecule has 1 aromatic rings. The largest absolute Gasteiger partial charge is 0.312 e. The highest BCUT2D eigenvalue weighted by Gasteiger charge is 2.20. The summed E-state index contributed by atoms with van der Waals surface area (Å²) < 4.78 is 1.93. The van der Waals surface area contributed by atoms with E-state index in [1.54, 1.807) is 0 Å². The molecular weight excluding hydrogens is 270 g/mol. The molecule has 1 rings (SSSR count). The lowest BCUT2D eigenvalue weighted by Gasteiger charge is -2.26. The lowest BCUT2D eigenvalue weighted by Crippen LogP contribution is -2.40. The van der Waals surface area contributed by atoms with Gasteiger partial charge in [0.25, 0.3) is 0 Å². The molecule has 0 saturated carbocycles. The number of halogens is 1. The lowest BCUT2D eigenvalue weighted by molar-refractivity contribution is 0.327. The van der Waals surface area contributed by atoms with Gasteiger partial charge in [0.2, 0.25) is 0 Å². The molecule has 1 atom stereocenters. The summed E-state index contributed by atoms with van der Waals surface area (Å²) in [5.74, 6) is 1.27. The Morgan fingerprint density at radius 1 is 1.30 bits per heavy atom. The molecule has 0 aliphatic heterocycles. The molecular formula is C16H30ClN3. The third kappa shape index (κ3) is 5.45. The minimum atomic E-state index is 0.154. The van der Waals surface area contributed by atoms with Crippen LogP contribution in [0.3, 0.4) is 0 Å². The van der Waals surface area contributed by atoms with Crippen LogP contribution in [-0.4, -0.2) is 21.9 Å². The quantitative estimate of drug-likeness (QED) is 0.861. The van der Waals surface area contributed by atoms with Crippen molar-refractivity contribution in [1.29, 1.82) is 0 Å². The highest BCUT2D eigenvalue weighted by molar-refractivity contribution is 6.31. The Morgan fingerprint density at radius 3 is 2.30 bits per heavy atom. The average Bonchev–Trinajstić information content (AvgIpc) is 2.51. The Bertz CT molecular complexity index is 430. The molecule has 0 spiro atoms. The van der Waals surface area contributed by atoms with Gasteiger partial charge in [-0.2, -0.15) is 5.10 Å². The number of aryl methyl sites for hydroxylation is 2. The van der Waals surface area contributed by atoms with Crippen molar-refractivity contribution in [2.45, 2.75) is 59.9 Å². The fourth-order valence-electron chi connectivity index (χ4n) is 2.53. The summed E-state index contributed by atoms with van der Waals surface area (Å²) in [6.45, 7) is 14.2. The van der Waals surface area contributed by atoms with Gasteiger partial charge in [-0.25, -0.2) is 0 Å². The van der Waals surface area contributed by atoms with E-state index >= 15 is 0 Å². The van der Waals surface area contributed by atoms with E-state index in [1.165, 1.54) is 6.42 Å². The Hall–Kier alpha value is -0.540. The van der Waals surface area contributed by atoms with Crippen LogP contribution in [0.15, 0.2) is 0 Å². The molecule has 0 saturated heterocycles. The van der Waals surface area contributed by atoms with Gasteiger partial charge >= 0.3 is 0 Å². The highest BCUT2D eigenvalue weighted by Crippen LogP contribution is 2.25. The summed E-state index contributed by atoms with van der Waals surface area (Å²) in [5, 5.41) is 8.87. The van der Waals surface area contributed by atoms with Crippen molar-refractivity contribution in [3.05, 3.63) is 16.4 Å². The van der Waals surface area contributed by atoms with Crippen LogP contribution < -0.4 is 5.32 Å². The van der Waals surface area contributed by atoms with Crippen molar-refractivity contribution >= 4 is 11.6 Å². The average molecular weight is 300 g/mol.